The molecule has 1 heterocycles. The molecule has 0 bridgehead atoms. The van der Waals surface area contributed by atoms with Crippen molar-refractivity contribution in [2.45, 2.75) is 43.9 Å². The Hall–Kier alpha value is -1.40. The first-order valence-corrected chi connectivity index (χ1v) is 8.90. The smallest absolute Gasteiger partial charge is 0.306 e. The molecule has 0 aromatic heterocycles. The summed E-state index contributed by atoms with van der Waals surface area (Å²) in [6.45, 7) is 6.76. The first kappa shape index (κ1) is 17.0. The van der Waals surface area contributed by atoms with Crippen LogP contribution in [-0.4, -0.2) is 36.9 Å². The molecule has 2 rings (SSSR count). The van der Waals surface area contributed by atoms with Crippen molar-refractivity contribution in [2.24, 2.45) is 5.92 Å². The van der Waals surface area contributed by atoms with Crippen molar-refractivity contribution >= 4 is 16.0 Å². The van der Waals surface area contributed by atoms with Crippen molar-refractivity contribution in [1.82, 2.24) is 4.31 Å². The van der Waals surface area contributed by atoms with Crippen LogP contribution in [0.3, 0.4) is 0 Å². The molecule has 0 saturated carbocycles. The molecule has 1 aliphatic heterocycles. The van der Waals surface area contributed by atoms with Crippen molar-refractivity contribution in [3.63, 3.8) is 0 Å². The Balaban J connectivity index is 2.16. The summed E-state index contributed by atoms with van der Waals surface area (Å²) in [6.07, 6.45) is 0.739. The fourth-order valence-electron chi connectivity index (χ4n) is 2.62. The van der Waals surface area contributed by atoms with Crippen LogP contribution in [0.4, 0.5) is 0 Å². The molecule has 0 atom stereocenters. The van der Waals surface area contributed by atoms with E-state index in [9.17, 15) is 13.2 Å². The second kappa shape index (κ2) is 6.01. The zero-order valence-electron chi connectivity index (χ0n) is 13.2. The van der Waals surface area contributed by atoms with Gasteiger partial charge in [0, 0.05) is 13.1 Å². The van der Waals surface area contributed by atoms with Crippen LogP contribution in [0, 0.1) is 5.92 Å². The van der Waals surface area contributed by atoms with Crippen LogP contribution in [0.5, 0.6) is 0 Å². The largest absolute Gasteiger partial charge is 0.481 e. The van der Waals surface area contributed by atoms with E-state index in [1.807, 2.05) is 12.1 Å². The maximum Gasteiger partial charge on any atom is 0.306 e. The first-order chi connectivity index (χ1) is 10.1. The number of aliphatic carboxylic acids is 1. The average Bonchev–Trinajstić information content (AvgIpc) is 2.46. The third-order valence-electron chi connectivity index (χ3n) is 4.16. The van der Waals surface area contributed by atoms with Gasteiger partial charge in [-0.3, -0.25) is 4.79 Å². The number of carbonyl (C=O) groups is 1. The second-order valence-corrected chi connectivity index (χ2v) is 8.73. The highest BCUT2D eigenvalue weighted by atomic mass is 32.2. The Morgan fingerprint density at radius 3 is 2.05 bits per heavy atom. The lowest BCUT2D eigenvalue weighted by Crippen LogP contribution is -2.40. The number of carboxylic acids is 1. The van der Waals surface area contributed by atoms with E-state index in [4.69, 9.17) is 5.11 Å². The summed E-state index contributed by atoms with van der Waals surface area (Å²) in [4.78, 5) is 11.2. The molecule has 1 aromatic rings. The van der Waals surface area contributed by atoms with E-state index < -0.39 is 21.9 Å². The number of benzene rings is 1. The number of rotatable bonds is 3. The van der Waals surface area contributed by atoms with Gasteiger partial charge in [-0.05, 0) is 36.0 Å². The number of carboxylic acid groups (broad SMARTS) is 1. The topological polar surface area (TPSA) is 74.7 Å². The molecule has 0 unspecified atom stereocenters. The number of nitrogens with zero attached hydrogens (tertiary/aromatic N) is 1. The summed E-state index contributed by atoms with van der Waals surface area (Å²) in [6, 6.07) is 6.96. The number of sulfonamides is 1. The van der Waals surface area contributed by atoms with E-state index in [0.29, 0.717) is 12.8 Å². The van der Waals surface area contributed by atoms with Crippen LogP contribution in [-0.2, 0) is 20.2 Å². The molecule has 0 amide bonds. The highest BCUT2D eigenvalue weighted by Crippen LogP contribution is 2.27. The summed E-state index contributed by atoms with van der Waals surface area (Å²) in [5.41, 5.74) is 1.05. The van der Waals surface area contributed by atoms with Crippen LogP contribution < -0.4 is 0 Å². The van der Waals surface area contributed by atoms with Crippen LogP contribution in [0.1, 0.15) is 39.2 Å². The van der Waals surface area contributed by atoms with Crippen LogP contribution in [0.2, 0.25) is 0 Å². The number of hydrogen-bond acceptors (Lipinski definition) is 3. The Morgan fingerprint density at radius 1 is 1.14 bits per heavy atom. The molecular weight excluding hydrogens is 302 g/mol. The van der Waals surface area contributed by atoms with Gasteiger partial charge in [-0.25, -0.2) is 8.42 Å². The highest BCUT2D eigenvalue weighted by molar-refractivity contribution is 7.89. The molecular formula is C16H23NO4S. The quantitative estimate of drug-likeness (QED) is 0.926. The molecule has 1 aliphatic rings. The van der Waals surface area contributed by atoms with Gasteiger partial charge in [-0.15, -0.1) is 0 Å². The van der Waals surface area contributed by atoms with Crippen LogP contribution in [0.15, 0.2) is 29.2 Å². The van der Waals surface area contributed by atoms with Gasteiger partial charge < -0.3 is 5.11 Å². The van der Waals surface area contributed by atoms with Gasteiger partial charge in [0.05, 0.1) is 10.8 Å². The van der Waals surface area contributed by atoms with E-state index in [-0.39, 0.29) is 23.4 Å². The third kappa shape index (κ3) is 3.50. The fraction of sp³-hybridized carbons (Fsp3) is 0.562. The van der Waals surface area contributed by atoms with Gasteiger partial charge in [0.15, 0.2) is 0 Å². The van der Waals surface area contributed by atoms with Crippen molar-refractivity contribution < 1.29 is 18.3 Å². The molecule has 6 heteroatoms. The van der Waals surface area contributed by atoms with Gasteiger partial charge in [-0.2, -0.15) is 4.31 Å². The average molecular weight is 325 g/mol. The lowest BCUT2D eigenvalue weighted by atomic mass is 9.87. The molecule has 5 nitrogen and oxygen atoms in total. The van der Waals surface area contributed by atoms with Gasteiger partial charge in [0.25, 0.3) is 0 Å². The Morgan fingerprint density at radius 2 is 1.64 bits per heavy atom. The van der Waals surface area contributed by atoms with Crippen LogP contribution >= 0.6 is 0 Å². The predicted octanol–water partition coefficient (Wildman–Crippen LogP) is 2.47. The molecule has 0 aliphatic carbocycles. The van der Waals surface area contributed by atoms with Gasteiger partial charge >= 0.3 is 5.97 Å². The van der Waals surface area contributed by atoms with Crippen molar-refractivity contribution in [3.05, 3.63) is 29.8 Å². The van der Waals surface area contributed by atoms with Gasteiger partial charge in [0.2, 0.25) is 10.0 Å². The second-order valence-electron chi connectivity index (χ2n) is 6.79. The summed E-state index contributed by atoms with van der Waals surface area (Å²) in [7, 11) is -3.53. The fourth-order valence-corrected chi connectivity index (χ4v) is 4.09. The zero-order chi connectivity index (χ0) is 16.5. The number of hydrogen-bond donors (Lipinski definition) is 1. The lowest BCUT2D eigenvalue weighted by Gasteiger charge is -2.29. The Labute approximate surface area is 132 Å². The predicted molar refractivity (Wildman–Crippen MR) is 84.3 cm³/mol. The van der Waals surface area contributed by atoms with E-state index in [1.165, 1.54) is 4.31 Å². The van der Waals surface area contributed by atoms with Crippen LogP contribution in [0.25, 0.3) is 0 Å². The molecule has 0 radical (unpaired) electrons. The van der Waals surface area contributed by atoms with Crippen molar-refractivity contribution in [1.29, 1.82) is 0 Å². The Kier molecular flexibility index (Phi) is 4.63. The normalized spacial score (nSPS) is 18.3. The molecule has 22 heavy (non-hydrogen) atoms. The molecule has 1 fully saturated rings. The molecule has 122 valence electrons. The first-order valence-electron chi connectivity index (χ1n) is 7.46. The maximum atomic E-state index is 12.6. The van der Waals surface area contributed by atoms with Gasteiger partial charge in [0.1, 0.15) is 0 Å². The van der Waals surface area contributed by atoms with E-state index in [2.05, 4.69) is 20.8 Å². The summed E-state index contributed by atoms with van der Waals surface area (Å²) < 4.78 is 26.6. The summed E-state index contributed by atoms with van der Waals surface area (Å²) >= 11 is 0. The number of piperidine rings is 1. The minimum Gasteiger partial charge on any atom is -0.481 e. The summed E-state index contributed by atoms with van der Waals surface area (Å²) in [5.74, 6) is -1.28. The summed E-state index contributed by atoms with van der Waals surface area (Å²) in [5, 5.41) is 8.98. The SMILES string of the molecule is CC(C)(C)c1ccc(S(=O)(=O)N2CCC(C(=O)O)CC2)cc1. The van der Waals surface area contributed by atoms with E-state index in [1.54, 1.807) is 12.1 Å². The standard InChI is InChI=1S/C16H23NO4S/c1-16(2,3)13-4-6-14(7-5-13)22(20,21)17-10-8-12(9-11-17)15(18)19/h4-7,12H,8-11H2,1-3H3,(H,18,19). The monoisotopic (exact) mass is 325 g/mol. The minimum absolute atomic E-state index is 0.0257. The maximum absolute atomic E-state index is 12.6. The Bertz CT molecular complexity index is 636. The third-order valence-corrected chi connectivity index (χ3v) is 6.07. The van der Waals surface area contributed by atoms with Gasteiger partial charge in [-0.1, -0.05) is 32.9 Å². The molecule has 1 aromatic carbocycles. The zero-order valence-corrected chi connectivity index (χ0v) is 14.1. The highest BCUT2D eigenvalue weighted by Gasteiger charge is 2.32. The lowest BCUT2D eigenvalue weighted by molar-refractivity contribution is -0.142. The minimum atomic E-state index is -3.53. The molecule has 1 saturated heterocycles. The van der Waals surface area contributed by atoms with E-state index in [0.717, 1.165) is 5.56 Å². The van der Waals surface area contributed by atoms with Crippen molar-refractivity contribution in [3.8, 4) is 0 Å². The molecule has 0 spiro atoms. The van der Waals surface area contributed by atoms with E-state index >= 15 is 0 Å². The molecule has 1 N–H and O–H groups in total. The van der Waals surface area contributed by atoms with Crippen molar-refractivity contribution in [2.75, 3.05) is 13.1 Å².